The number of hydrogen-bond acceptors (Lipinski definition) is 8. The summed E-state index contributed by atoms with van der Waals surface area (Å²) in [5.41, 5.74) is 1.09. The number of esters is 1. The number of β-lactam (4-membered cyclic amide) rings is 1. The molecule has 12 heteroatoms. The number of carbonyl (C=O) groups excluding carboxylic acids is 4. The predicted octanol–water partition coefficient (Wildman–Crippen LogP) is 3.92. The highest BCUT2D eigenvalue weighted by Crippen LogP contribution is 2.60. The molecule has 0 saturated carbocycles. The van der Waals surface area contributed by atoms with Gasteiger partial charge in [0, 0.05) is 44.2 Å². The lowest BCUT2D eigenvalue weighted by molar-refractivity contribution is -0.154. The van der Waals surface area contributed by atoms with Crippen molar-refractivity contribution < 1.29 is 38.5 Å². The minimum absolute atomic E-state index is 0.0152. The first-order valence-corrected chi connectivity index (χ1v) is 20.1. The first-order valence-electron chi connectivity index (χ1n) is 17.0. The van der Waals surface area contributed by atoms with Crippen LogP contribution in [0.25, 0.3) is 0 Å². The molecule has 50 heavy (non-hydrogen) atoms. The molecule has 1 N–H and O–H groups in total. The second kappa shape index (κ2) is 13.7. The molecule has 0 bridgehead atoms. The van der Waals surface area contributed by atoms with E-state index in [-0.39, 0.29) is 55.2 Å². The van der Waals surface area contributed by atoms with Gasteiger partial charge in [0.15, 0.2) is 11.8 Å². The SMILES string of the molecule is COc1ccc([Si](C)(C)[C@@H]2[C@@H](CC(=O)N(CCO)Cc3ccccc3)O[C@]3(C(=O)N(C)c4ccc(N5C(=O)CC5OC(C)=O)cc43)[C@H]2C)cc1. The standard InChI is InChI=1S/C38H45N3O8Si/c1-24-36(50(5,6)29-15-13-28(47-4)14-16-29)32(21-33(44)40(18-19-42)23-26-10-8-7-9-11-26)49-38(24)30-20-27(12-17-31(30)39(3)37(38)46)41-34(45)22-35(41)48-25(2)43/h7-17,20,24,32,35-36,42H,18-19,21-23H2,1-6H3/t24-,32+,35?,36-,38+/m0/s1. The van der Waals surface area contributed by atoms with Crippen molar-refractivity contribution in [3.63, 3.8) is 0 Å². The van der Waals surface area contributed by atoms with Gasteiger partial charge in [-0.1, -0.05) is 67.7 Å². The molecule has 0 aliphatic carbocycles. The zero-order valence-corrected chi connectivity index (χ0v) is 30.4. The quantitative estimate of drug-likeness (QED) is 0.182. The summed E-state index contributed by atoms with van der Waals surface area (Å²) in [5, 5.41) is 11.1. The van der Waals surface area contributed by atoms with E-state index < -0.39 is 32.0 Å². The number of fused-ring (bicyclic) bond motifs is 2. The highest BCUT2D eigenvalue weighted by atomic mass is 28.3. The van der Waals surface area contributed by atoms with Crippen molar-refractivity contribution >= 4 is 48.3 Å². The lowest BCUT2D eigenvalue weighted by Gasteiger charge is -2.39. The van der Waals surface area contributed by atoms with Crippen LogP contribution < -0.4 is 19.7 Å². The first-order chi connectivity index (χ1) is 23.8. The number of nitrogens with zero attached hydrogens (tertiary/aromatic N) is 3. The fraction of sp³-hybridized carbons (Fsp3) is 0.421. The van der Waals surface area contributed by atoms with E-state index in [1.807, 2.05) is 49.4 Å². The lowest BCUT2D eigenvalue weighted by atomic mass is 9.82. The van der Waals surface area contributed by atoms with Gasteiger partial charge in [0.05, 0.1) is 46.4 Å². The molecule has 3 heterocycles. The number of aliphatic hydroxyl groups is 1. The Balaban J connectivity index is 1.42. The van der Waals surface area contributed by atoms with Gasteiger partial charge in [0.25, 0.3) is 5.91 Å². The summed E-state index contributed by atoms with van der Waals surface area (Å²) in [6.07, 6.45) is -1.27. The van der Waals surface area contributed by atoms with Crippen LogP contribution in [0.4, 0.5) is 11.4 Å². The number of rotatable bonds is 11. The molecule has 5 atom stereocenters. The molecule has 3 amide bonds. The summed E-state index contributed by atoms with van der Waals surface area (Å²) in [7, 11) is 0.804. The molecule has 3 aliphatic rings. The van der Waals surface area contributed by atoms with Gasteiger partial charge in [-0.05, 0) is 41.4 Å². The van der Waals surface area contributed by atoms with Crippen molar-refractivity contribution in [1.29, 1.82) is 0 Å². The normalized spacial score (nSPS) is 24.3. The minimum Gasteiger partial charge on any atom is -0.497 e. The first kappa shape index (κ1) is 35.3. The number of hydrogen-bond donors (Lipinski definition) is 1. The molecule has 0 aromatic heterocycles. The number of amides is 3. The molecule has 0 radical (unpaired) electrons. The van der Waals surface area contributed by atoms with Crippen LogP contribution in [-0.2, 0) is 40.8 Å². The largest absolute Gasteiger partial charge is 0.497 e. The van der Waals surface area contributed by atoms with Crippen molar-refractivity contribution in [2.24, 2.45) is 5.92 Å². The maximum absolute atomic E-state index is 14.6. The summed E-state index contributed by atoms with van der Waals surface area (Å²) < 4.78 is 17.9. The van der Waals surface area contributed by atoms with E-state index in [2.05, 4.69) is 25.2 Å². The summed E-state index contributed by atoms with van der Waals surface area (Å²) in [6.45, 7) is 8.13. The predicted molar refractivity (Wildman–Crippen MR) is 191 cm³/mol. The van der Waals surface area contributed by atoms with Crippen LogP contribution >= 0.6 is 0 Å². The zero-order valence-electron chi connectivity index (χ0n) is 29.4. The maximum atomic E-state index is 14.6. The van der Waals surface area contributed by atoms with Crippen LogP contribution in [-0.4, -0.2) is 81.4 Å². The van der Waals surface area contributed by atoms with E-state index >= 15 is 0 Å². The fourth-order valence-electron chi connectivity index (χ4n) is 8.26. The topological polar surface area (TPSA) is 126 Å². The van der Waals surface area contributed by atoms with Gasteiger partial charge < -0.3 is 29.1 Å². The minimum atomic E-state index is -2.53. The Kier molecular flexibility index (Phi) is 9.64. The average molecular weight is 700 g/mol. The van der Waals surface area contributed by atoms with Crippen LogP contribution in [0.15, 0.2) is 72.8 Å². The highest BCUT2D eigenvalue weighted by molar-refractivity contribution is 6.91. The Morgan fingerprint density at radius 2 is 1.76 bits per heavy atom. The van der Waals surface area contributed by atoms with Gasteiger partial charge in [0.2, 0.25) is 11.8 Å². The van der Waals surface area contributed by atoms with Gasteiger partial charge in [-0.2, -0.15) is 0 Å². The molecular formula is C38H45N3O8Si. The highest BCUT2D eigenvalue weighted by Gasteiger charge is 2.66. The zero-order chi connectivity index (χ0) is 36.0. The fourth-order valence-corrected chi connectivity index (χ4v) is 12.3. The Morgan fingerprint density at radius 3 is 2.38 bits per heavy atom. The summed E-state index contributed by atoms with van der Waals surface area (Å²) >= 11 is 0. The van der Waals surface area contributed by atoms with E-state index in [9.17, 15) is 24.3 Å². The van der Waals surface area contributed by atoms with Crippen molar-refractivity contribution in [2.75, 3.05) is 37.1 Å². The molecule has 3 aromatic rings. The maximum Gasteiger partial charge on any atom is 0.304 e. The van der Waals surface area contributed by atoms with Crippen molar-refractivity contribution in [3.8, 4) is 5.75 Å². The molecule has 6 rings (SSSR count). The molecule has 1 unspecified atom stereocenters. The molecule has 1 spiro atoms. The number of carbonyl (C=O) groups is 4. The molecule has 2 saturated heterocycles. The van der Waals surface area contributed by atoms with Crippen molar-refractivity contribution in [1.82, 2.24) is 4.90 Å². The van der Waals surface area contributed by atoms with Crippen LogP contribution in [0, 0.1) is 5.92 Å². The summed E-state index contributed by atoms with van der Waals surface area (Å²) in [6, 6.07) is 23.0. The Morgan fingerprint density at radius 1 is 1.06 bits per heavy atom. The third-order valence-corrected chi connectivity index (χ3v) is 15.1. The average Bonchev–Trinajstić information content (AvgIpc) is 3.50. The van der Waals surface area contributed by atoms with Crippen LogP contribution in [0.5, 0.6) is 5.75 Å². The second-order valence-electron chi connectivity index (χ2n) is 14.0. The third kappa shape index (κ3) is 5.99. The van der Waals surface area contributed by atoms with E-state index in [0.29, 0.717) is 23.5 Å². The number of ether oxygens (including phenoxy) is 3. The van der Waals surface area contributed by atoms with E-state index in [1.54, 1.807) is 42.2 Å². The second-order valence-corrected chi connectivity index (χ2v) is 18.7. The van der Waals surface area contributed by atoms with Gasteiger partial charge in [0.1, 0.15) is 5.75 Å². The number of benzene rings is 3. The Bertz CT molecular complexity index is 1780. The van der Waals surface area contributed by atoms with Crippen LogP contribution in [0.3, 0.4) is 0 Å². The van der Waals surface area contributed by atoms with Crippen molar-refractivity contribution in [3.05, 3.63) is 83.9 Å². The molecule has 264 valence electrons. The van der Waals surface area contributed by atoms with E-state index in [4.69, 9.17) is 14.2 Å². The summed E-state index contributed by atoms with van der Waals surface area (Å²) in [5.74, 6) is -0.729. The smallest absolute Gasteiger partial charge is 0.304 e. The Hall–Kier alpha value is -4.52. The third-order valence-electron chi connectivity index (χ3n) is 10.7. The molecule has 3 aromatic carbocycles. The number of anilines is 2. The van der Waals surface area contributed by atoms with Gasteiger partial charge in [-0.15, -0.1) is 0 Å². The lowest BCUT2D eigenvalue weighted by Crippen LogP contribution is -2.55. The summed E-state index contributed by atoms with van der Waals surface area (Å²) in [4.78, 5) is 58.0. The Labute approximate surface area is 293 Å². The molecular weight excluding hydrogens is 655 g/mol. The number of aliphatic hydroxyl groups excluding tert-OH is 1. The molecule has 11 nitrogen and oxygen atoms in total. The van der Waals surface area contributed by atoms with Crippen LogP contribution in [0.2, 0.25) is 18.6 Å². The van der Waals surface area contributed by atoms with Gasteiger partial charge in [-0.25, -0.2) is 0 Å². The number of likely N-dealkylation sites (N-methyl/N-ethyl adjacent to an activating group) is 1. The van der Waals surface area contributed by atoms with E-state index in [0.717, 1.165) is 16.5 Å². The molecule has 3 aliphatic heterocycles. The van der Waals surface area contributed by atoms with E-state index in [1.165, 1.54) is 11.8 Å². The van der Waals surface area contributed by atoms with Gasteiger partial charge >= 0.3 is 5.97 Å². The number of methoxy groups -OCH3 is 1. The van der Waals surface area contributed by atoms with Crippen LogP contribution in [0.1, 0.15) is 37.8 Å². The van der Waals surface area contributed by atoms with Crippen molar-refractivity contribution in [2.45, 2.75) is 69.8 Å². The molecule has 2 fully saturated rings. The monoisotopic (exact) mass is 699 g/mol. The van der Waals surface area contributed by atoms with Gasteiger partial charge in [-0.3, -0.25) is 24.1 Å².